The van der Waals surface area contributed by atoms with E-state index in [-0.39, 0.29) is 15.7 Å². The van der Waals surface area contributed by atoms with Crippen molar-refractivity contribution in [1.29, 1.82) is 0 Å². The minimum atomic E-state index is -3.95. The Kier molecular flexibility index (Phi) is 3.54. The second-order valence-corrected chi connectivity index (χ2v) is 5.39. The molecule has 0 radical (unpaired) electrons. The number of carbonyl (C=O) groups is 1. The third-order valence-electron chi connectivity index (χ3n) is 1.44. The van der Waals surface area contributed by atoms with E-state index >= 15 is 0 Å². The van der Waals surface area contributed by atoms with Crippen molar-refractivity contribution >= 4 is 37.3 Å². The lowest BCUT2D eigenvalue weighted by Gasteiger charge is -2.01. The summed E-state index contributed by atoms with van der Waals surface area (Å²) in [4.78, 5) is 14.3. The van der Waals surface area contributed by atoms with Crippen molar-refractivity contribution in [3.63, 3.8) is 0 Å². The Balaban J connectivity index is 3.35. The molecule has 1 aromatic heterocycles. The predicted molar refractivity (Wildman–Crippen MR) is 53.6 cm³/mol. The Labute approximate surface area is 95.4 Å². The number of hydrogen-bond acceptors (Lipinski definition) is 5. The Morgan fingerprint density at radius 3 is 2.53 bits per heavy atom. The van der Waals surface area contributed by atoms with Gasteiger partial charge in [-0.25, -0.2) is 18.2 Å². The van der Waals surface area contributed by atoms with E-state index in [1.54, 1.807) is 0 Å². The normalized spacial score (nSPS) is 11.1. The van der Waals surface area contributed by atoms with E-state index in [1.165, 1.54) is 0 Å². The molecule has 0 bridgehead atoms. The number of ether oxygens (including phenoxy) is 1. The number of aromatic nitrogens is 1. The minimum Gasteiger partial charge on any atom is -0.464 e. The maximum absolute atomic E-state index is 11.1. The fourth-order valence-corrected chi connectivity index (χ4v) is 1.87. The van der Waals surface area contributed by atoms with Crippen molar-refractivity contribution in [1.82, 2.24) is 4.98 Å². The number of halogens is 2. The van der Waals surface area contributed by atoms with Crippen LogP contribution in [-0.4, -0.2) is 26.5 Å². The Morgan fingerprint density at radius 2 is 2.07 bits per heavy atom. The van der Waals surface area contributed by atoms with Gasteiger partial charge in [-0.1, -0.05) is 11.6 Å². The first-order chi connectivity index (χ1) is 6.84. The smallest absolute Gasteiger partial charge is 0.356 e. The molecule has 0 saturated heterocycles. The zero-order chi connectivity index (χ0) is 11.6. The highest BCUT2D eigenvalue weighted by atomic mass is 35.7. The zero-order valence-corrected chi connectivity index (χ0v) is 9.73. The highest BCUT2D eigenvalue weighted by Crippen LogP contribution is 2.19. The first kappa shape index (κ1) is 12.2. The van der Waals surface area contributed by atoms with E-state index in [0.29, 0.717) is 0 Å². The molecule has 15 heavy (non-hydrogen) atoms. The topological polar surface area (TPSA) is 73.3 Å². The van der Waals surface area contributed by atoms with E-state index < -0.39 is 15.0 Å². The molecule has 1 aromatic rings. The van der Waals surface area contributed by atoms with Crippen LogP contribution in [0.4, 0.5) is 0 Å². The number of hydrogen-bond donors (Lipinski definition) is 0. The van der Waals surface area contributed by atoms with Crippen LogP contribution in [0.2, 0.25) is 5.15 Å². The highest BCUT2D eigenvalue weighted by molar-refractivity contribution is 8.13. The van der Waals surface area contributed by atoms with E-state index in [9.17, 15) is 13.2 Å². The van der Waals surface area contributed by atoms with Crippen LogP contribution >= 0.6 is 22.3 Å². The molecule has 0 aromatic carbocycles. The molecule has 0 spiro atoms. The van der Waals surface area contributed by atoms with E-state index in [4.69, 9.17) is 22.3 Å². The van der Waals surface area contributed by atoms with Crippen LogP contribution in [0.1, 0.15) is 10.5 Å². The summed E-state index contributed by atoms with van der Waals surface area (Å²) in [7, 11) is 2.27. The predicted octanol–water partition coefficient (Wildman–Crippen LogP) is 1.45. The van der Waals surface area contributed by atoms with Crippen molar-refractivity contribution in [3.8, 4) is 0 Å². The molecule has 0 unspecified atom stereocenters. The zero-order valence-electron chi connectivity index (χ0n) is 7.40. The first-order valence-corrected chi connectivity index (χ1v) is 6.24. The van der Waals surface area contributed by atoms with Crippen molar-refractivity contribution in [2.24, 2.45) is 0 Å². The quantitative estimate of drug-likeness (QED) is 0.462. The second-order valence-electron chi connectivity index (χ2n) is 2.44. The summed E-state index contributed by atoms with van der Waals surface area (Å²) in [6, 6.07) is 2.02. The molecule has 0 saturated carbocycles. The number of methoxy groups -OCH3 is 1. The summed E-state index contributed by atoms with van der Waals surface area (Å²) < 4.78 is 26.3. The Morgan fingerprint density at radius 1 is 1.47 bits per heavy atom. The lowest BCUT2D eigenvalue weighted by Crippen LogP contribution is -2.06. The van der Waals surface area contributed by atoms with Crippen LogP contribution in [0.3, 0.4) is 0 Å². The second kappa shape index (κ2) is 4.34. The average Bonchev–Trinajstić information content (AvgIpc) is 2.14. The number of pyridine rings is 1. The summed E-state index contributed by atoms with van der Waals surface area (Å²) in [5.74, 6) is -0.793. The van der Waals surface area contributed by atoms with Gasteiger partial charge in [-0.3, -0.25) is 0 Å². The van der Waals surface area contributed by atoms with Gasteiger partial charge in [0, 0.05) is 10.7 Å². The highest BCUT2D eigenvalue weighted by Gasteiger charge is 2.16. The van der Waals surface area contributed by atoms with Crippen LogP contribution in [-0.2, 0) is 13.8 Å². The largest absolute Gasteiger partial charge is 0.464 e. The summed E-state index contributed by atoms with van der Waals surface area (Å²) in [5.41, 5.74) is -0.218. The maximum atomic E-state index is 11.1. The van der Waals surface area contributed by atoms with Gasteiger partial charge in [-0.2, -0.15) is 0 Å². The molecule has 0 aliphatic carbocycles. The van der Waals surface area contributed by atoms with Gasteiger partial charge in [0.1, 0.15) is 5.15 Å². The van der Waals surface area contributed by atoms with Gasteiger partial charge in [0.2, 0.25) is 0 Å². The van der Waals surface area contributed by atoms with Crippen molar-refractivity contribution in [2.45, 2.75) is 4.90 Å². The van der Waals surface area contributed by atoms with E-state index in [2.05, 4.69) is 9.72 Å². The lowest BCUT2D eigenvalue weighted by molar-refractivity contribution is 0.0593. The van der Waals surface area contributed by atoms with Crippen molar-refractivity contribution in [2.75, 3.05) is 7.11 Å². The fraction of sp³-hybridized carbons (Fsp3) is 0.143. The average molecular weight is 270 g/mol. The minimum absolute atomic E-state index is 0.155. The van der Waals surface area contributed by atoms with Gasteiger partial charge in [0.25, 0.3) is 9.05 Å². The van der Waals surface area contributed by atoms with Gasteiger partial charge in [-0.05, 0) is 12.1 Å². The molecular weight excluding hydrogens is 265 g/mol. The van der Waals surface area contributed by atoms with E-state index in [1.807, 2.05) is 0 Å². The first-order valence-electron chi connectivity index (χ1n) is 3.55. The summed E-state index contributed by atoms with van der Waals surface area (Å²) in [6.07, 6.45) is 0. The number of nitrogens with zero attached hydrogens (tertiary/aromatic N) is 1. The molecule has 0 aliphatic heterocycles. The van der Waals surface area contributed by atoms with Gasteiger partial charge in [0.05, 0.1) is 12.0 Å². The molecule has 1 rings (SSSR count). The standard InChI is InChI=1S/C7H5Cl2NO4S/c1-14-7(11)5-2-4(15(9,12)13)3-6(8)10-5/h2-3H,1H3. The molecule has 0 N–H and O–H groups in total. The Hall–Kier alpha value is -0.850. The monoisotopic (exact) mass is 269 g/mol. The van der Waals surface area contributed by atoms with Crippen LogP contribution in [0, 0.1) is 0 Å². The molecule has 1 heterocycles. The molecule has 0 amide bonds. The number of esters is 1. The SMILES string of the molecule is COC(=O)c1cc(S(=O)(=O)Cl)cc(Cl)n1. The summed E-state index contributed by atoms with van der Waals surface area (Å²) in [6.45, 7) is 0. The fourth-order valence-electron chi connectivity index (χ4n) is 0.823. The molecule has 82 valence electrons. The molecule has 0 aliphatic rings. The molecule has 0 atom stereocenters. The van der Waals surface area contributed by atoms with Gasteiger partial charge < -0.3 is 4.74 Å². The Bertz CT molecular complexity index is 500. The molecule has 8 heteroatoms. The third kappa shape index (κ3) is 3.05. The third-order valence-corrected chi connectivity index (χ3v) is 2.97. The number of carbonyl (C=O) groups excluding carboxylic acids is 1. The molecule has 0 fully saturated rings. The van der Waals surface area contributed by atoms with Gasteiger partial charge >= 0.3 is 5.97 Å². The van der Waals surface area contributed by atoms with E-state index in [0.717, 1.165) is 19.2 Å². The lowest BCUT2D eigenvalue weighted by atomic mass is 10.3. The van der Waals surface area contributed by atoms with Gasteiger partial charge in [0.15, 0.2) is 5.69 Å². The maximum Gasteiger partial charge on any atom is 0.356 e. The van der Waals surface area contributed by atoms with Crippen LogP contribution < -0.4 is 0 Å². The van der Waals surface area contributed by atoms with Crippen LogP contribution in [0.5, 0.6) is 0 Å². The van der Waals surface area contributed by atoms with Crippen molar-refractivity contribution < 1.29 is 17.9 Å². The van der Waals surface area contributed by atoms with Crippen LogP contribution in [0.15, 0.2) is 17.0 Å². The van der Waals surface area contributed by atoms with Crippen molar-refractivity contribution in [3.05, 3.63) is 23.0 Å². The van der Waals surface area contributed by atoms with Gasteiger partial charge in [-0.15, -0.1) is 0 Å². The summed E-state index contributed by atoms with van der Waals surface area (Å²) >= 11 is 5.52. The number of rotatable bonds is 2. The molecule has 5 nitrogen and oxygen atoms in total. The summed E-state index contributed by atoms with van der Waals surface area (Å²) in [5, 5.41) is -0.155. The van der Waals surface area contributed by atoms with Crippen LogP contribution in [0.25, 0.3) is 0 Å². The molecular formula is C7H5Cl2NO4S.